The summed E-state index contributed by atoms with van der Waals surface area (Å²) < 4.78 is 45.6. The topological polar surface area (TPSA) is 87.8 Å². The summed E-state index contributed by atoms with van der Waals surface area (Å²) in [6.07, 6.45) is 1.33. The minimum absolute atomic E-state index is 0.0678. The normalized spacial score (nSPS) is 16.8. The summed E-state index contributed by atoms with van der Waals surface area (Å²) in [7, 11) is -4.00. The molecule has 0 radical (unpaired) electrons. The van der Waals surface area contributed by atoms with E-state index in [1.807, 2.05) is 0 Å². The van der Waals surface area contributed by atoms with Crippen molar-refractivity contribution >= 4 is 21.9 Å². The summed E-state index contributed by atoms with van der Waals surface area (Å²) in [6, 6.07) is 14.9. The van der Waals surface area contributed by atoms with Gasteiger partial charge in [-0.15, -0.1) is 0 Å². The highest BCUT2D eigenvalue weighted by Gasteiger charge is 2.39. The van der Waals surface area contributed by atoms with Gasteiger partial charge < -0.3 is 9.52 Å². The number of sulfonamides is 1. The average Bonchev–Trinajstić information content (AvgIpc) is 3.18. The molecular weight excluding hydrogens is 397 g/mol. The van der Waals surface area contributed by atoms with Crippen LogP contribution >= 0.6 is 0 Å². The molecule has 0 amide bonds. The number of aliphatic hydroxyl groups excluding tert-OH is 1. The maximum Gasteiger partial charge on any atom is 0.265 e. The first-order valence-electron chi connectivity index (χ1n) is 8.76. The van der Waals surface area contributed by atoms with Crippen molar-refractivity contribution in [3.8, 4) is 11.3 Å². The number of benzene rings is 2. The number of nitrogens with zero attached hydrogens (tertiary/aromatic N) is 1. The fourth-order valence-corrected chi connectivity index (χ4v) is 4.83. The molecule has 2 heterocycles. The standard InChI is InChI=1S/C21H16FNO5S/c22-15-7-5-14(6-8-15)19-10-9-16(28-19)13-18-21(25)17-3-1-2-4-20(17)29(26,27)23(18)11-12-24/h1-10,13,24H,11-12H2/b18-13-. The summed E-state index contributed by atoms with van der Waals surface area (Å²) in [5, 5.41) is 9.35. The minimum atomic E-state index is -4.00. The predicted molar refractivity (Wildman–Crippen MR) is 104 cm³/mol. The Morgan fingerprint density at radius 2 is 1.76 bits per heavy atom. The lowest BCUT2D eigenvalue weighted by Crippen LogP contribution is -2.40. The van der Waals surface area contributed by atoms with Crippen LogP contribution in [0.2, 0.25) is 0 Å². The monoisotopic (exact) mass is 413 g/mol. The van der Waals surface area contributed by atoms with Crippen LogP contribution in [0, 0.1) is 5.82 Å². The molecule has 1 N–H and O–H groups in total. The number of allylic oxidation sites excluding steroid dienone is 1. The van der Waals surface area contributed by atoms with Crippen molar-refractivity contribution in [3.63, 3.8) is 0 Å². The fraction of sp³-hybridized carbons (Fsp3) is 0.0952. The lowest BCUT2D eigenvalue weighted by atomic mass is 10.1. The number of aliphatic hydroxyl groups is 1. The van der Waals surface area contributed by atoms with Gasteiger partial charge in [0.15, 0.2) is 0 Å². The molecule has 8 heteroatoms. The van der Waals surface area contributed by atoms with Crippen molar-refractivity contribution in [2.45, 2.75) is 4.90 Å². The van der Waals surface area contributed by atoms with Crippen LogP contribution in [0.15, 0.2) is 75.7 Å². The average molecular weight is 413 g/mol. The van der Waals surface area contributed by atoms with E-state index in [2.05, 4.69) is 0 Å². The molecule has 0 atom stereocenters. The van der Waals surface area contributed by atoms with Crippen LogP contribution in [0.1, 0.15) is 16.1 Å². The molecule has 0 saturated carbocycles. The third kappa shape index (κ3) is 3.37. The lowest BCUT2D eigenvalue weighted by molar-refractivity contribution is 0.0998. The van der Waals surface area contributed by atoms with E-state index < -0.39 is 22.4 Å². The van der Waals surface area contributed by atoms with E-state index in [1.165, 1.54) is 36.4 Å². The van der Waals surface area contributed by atoms with Gasteiger partial charge in [0.2, 0.25) is 5.78 Å². The molecule has 0 bridgehead atoms. The van der Waals surface area contributed by atoms with E-state index in [0.29, 0.717) is 11.3 Å². The second kappa shape index (κ2) is 7.31. The number of fused-ring (bicyclic) bond motifs is 1. The van der Waals surface area contributed by atoms with Gasteiger partial charge in [-0.2, -0.15) is 0 Å². The predicted octanol–water partition coefficient (Wildman–Crippen LogP) is 3.31. The number of furan rings is 1. The molecule has 29 heavy (non-hydrogen) atoms. The van der Waals surface area contributed by atoms with E-state index in [-0.39, 0.29) is 34.3 Å². The van der Waals surface area contributed by atoms with Gasteiger partial charge in [0.25, 0.3) is 10.0 Å². The second-order valence-corrected chi connectivity index (χ2v) is 8.20. The highest BCUT2D eigenvalue weighted by molar-refractivity contribution is 7.89. The fourth-order valence-electron chi connectivity index (χ4n) is 3.18. The molecular formula is C21H16FNO5S. The molecule has 148 valence electrons. The van der Waals surface area contributed by atoms with Crippen LogP contribution in [0.3, 0.4) is 0 Å². The molecule has 0 aliphatic carbocycles. The third-order valence-electron chi connectivity index (χ3n) is 4.54. The molecule has 3 aromatic rings. The van der Waals surface area contributed by atoms with Gasteiger partial charge in [-0.3, -0.25) is 9.10 Å². The van der Waals surface area contributed by atoms with Crippen molar-refractivity contribution in [2.75, 3.05) is 13.2 Å². The first kappa shape index (κ1) is 19.1. The quantitative estimate of drug-likeness (QED) is 0.663. The van der Waals surface area contributed by atoms with Crippen LogP contribution < -0.4 is 0 Å². The Hall–Kier alpha value is -3.23. The number of β-amino-alcohol motifs (C(OH)–C–C–N with tert-alkyl or cyclic N) is 1. The highest BCUT2D eigenvalue weighted by Crippen LogP contribution is 2.33. The summed E-state index contributed by atoms with van der Waals surface area (Å²) >= 11 is 0. The number of Topliss-reactive ketones (excluding diaryl/α,β-unsaturated/α-hetero) is 1. The maximum absolute atomic E-state index is 13.1. The number of carbonyl (C=O) groups is 1. The largest absolute Gasteiger partial charge is 0.457 e. The summed E-state index contributed by atoms with van der Waals surface area (Å²) in [6.45, 7) is -0.717. The van der Waals surface area contributed by atoms with Crippen LogP contribution in [0.5, 0.6) is 0 Å². The number of carbonyl (C=O) groups excluding carboxylic acids is 1. The minimum Gasteiger partial charge on any atom is -0.457 e. The number of halogens is 1. The summed E-state index contributed by atoms with van der Waals surface area (Å²) in [4.78, 5) is 12.9. The first-order valence-corrected chi connectivity index (χ1v) is 10.2. The number of rotatable bonds is 4. The van der Waals surface area contributed by atoms with Gasteiger partial charge in [0, 0.05) is 17.2 Å². The molecule has 0 fully saturated rings. The second-order valence-electron chi connectivity index (χ2n) is 6.36. The summed E-state index contributed by atoms with van der Waals surface area (Å²) in [5.41, 5.74) is 0.590. The van der Waals surface area contributed by atoms with Gasteiger partial charge >= 0.3 is 0 Å². The molecule has 0 spiro atoms. The first-order chi connectivity index (χ1) is 13.9. The van der Waals surface area contributed by atoms with Crippen LogP contribution in [0.25, 0.3) is 17.4 Å². The Morgan fingerprint density at radius 1 is 1.03 bits per heavy atom. The van der Waals surface area contributed by atoms with E-state index in [1.54, 1.807) is 30.3 Å². The molecule has 6 nitrogen and oxygen atoms in total. The van der Waals surface area contributed by atoms with Crippen molar-refractivity contribution in [1.29, 1.82) is 0 Å². The van der Waals surface area contributed by atoms with Crippen LogP contribution in [-0.4, -0.2) is 36.8 Å². The van der Waals surface area contributed by atoms with Gasteiger partial charge in [0.05, 0.1) is 18.0 Å². The molecule has 1 aliphatic rings. The molecule has 1 aliphatic heterocycles. The van der Waals surface area contributed by atoms with Gasteiger partial charge in [-0.1, -0.05) is 12.1 Å². The van der Waals surface area contributed by atoms with E-state index in [0.717, 1.165) is 4.31 Å². The molecule has 0 unspecified atom stereocenters. The lowest BCUT2D eigenvalue weighted by Gasteiger charge is -2.30. The maximum atomic E-state index is 13.1. The molecule has 4 rings (SSSR count). The zero-order valence-corrected chi connectivity index (χ0v) is 15.9. The Labute approximate surface area is 166 Å². The molecule has 1 aromatic heterocycles. The zero-order chi connectivity index (χ0) is 20.6. The smallest absolute Gasteiger partial charge is 0.265 e. The van der Waals surface area contributed by atoms with E-state index in [9.17, 15) is 22.7 Å². The van der Waals surface area contributed by atoms with Crippen molar-refractivity contribution in [3.05, 3.63) is 83.5 Å². The third-order valence-corrected chi connectivity index (χ3v) is 6.41. The Morgan fingerprint density at radius 3 is 2.48 bits per heavy atom. The zero-order valence-electron chi connectivity index (χ0n) is 15.1. The molecule has 2 aromatic carbocycles. The number of ketones is 1. The van der Waals surface area contributed by atoms with E-state index in [4.69, 9.17) is 4.42 Å². The van der Waals surface area contributed by atoms with E-state index >= 15 is 0 Å². The van der Waals surface area contributed by atoms with Crippen LogP contribution in [-0.2, 0) is 10.0 Å². The SMILES string of the molecule is O=C1/C(=C/c2ccc(-c3ccc(F)cc3)o2)N(CCO)S(=O)(=O)c2ccccc21. The Bertz CT molecular complexity index is 1210. The van der Waals surface area contributed by atoms with Crippen molar-refractivity contribution < 1.29 is 27.1 Å². The number of hydrogen-bond donors (Lipinski definition) is 1. The van der Waals surface area contributed by atoms with Crippen molar-refractivity contribution in [1.82, 2.24) is 4.31 Å². The van der Waals surface area contributed by atoms with Crippen molar-refractivity contribution in [2.24, 2.45) is 0 Å². The van der Waals surface area contributed by atoms with Gasteiger partial charge in [0.1, 0.15) is 23.0 Å². The van der Waals surface area contributed by atoms with Gasteiger partial charge in [-0.05, 0) is 48.5 Å². The summed E-state index contributed by atoms with van der Waals surface area (Å²) in [5.74, 6) is -0.162. The Balaban J connectivity index is 1.79. The van der Waals surface area contributed by atoms with Crippen LogP contribution in [0.4, 0.5) is 4.39 Å². The Kier molecular flexibility index (Phi) is 4.81. The highest BCUT2D eigenvalue weighted by atomic mass is 32.2. The number of hydrogen-bond acceptors (Lipinski definition) is 5. The molecule has 0 saturated heterocycles. The van der Waals surface area contributed by atoms with Gasteiger partial charge in [-0.25, -0.2) is 12.8 Å².